The van der Waals surface area contributed by atoms with Gasteiger partial charge in [-0.3, -0.25) is 0 Å². The van der Waals surface area contributed by atoms with E-state index in [0.29, 0.717) is 0 Å². The second-order valence-electron chi connectivity index (χ2n) is 5.25. The summed E-state index contributed by atoms with van der Waals surface area (Å²) in [7, 11) is 2.00. The van der Waals surface area contributed by atoms with Crippen molar-refractivity contribution in [3.05, 3.63) is 40.2 Å². The molecule has 3 heteroatoms. The van der Waals surface area contributed by atoms with Crippen molar-refractivity contribution in [1.29, 1.82) is 0 Å². The third kappa shape index (κ3) is 2.98. The smallest absolute Gasteiger partial charge is 0.0950 e. The zero-order valence-corrected chi connectivity index (χ0v) is 12.3. The molecule has 96 valence electrons. The summed E-state index contributed by atoms with van der Waals surface area (Å²) in [5, 5.41) is 6.66. The molecule has 0 saturated heterocycles. The minimum atomic E-state index is 0.0981. The van der Waals surface area contributed by atoms with Crippen LogP contribution in [0.15, 0.2) is 29.6 Å². The van der Waals surface area contributed by atoms with Gasteiger partial charge in [0.1, 0.15) is 0 Å². The van der Waals surface area contributed by atoms with E-state index in [1.807, 2.05) is 7.05 Å². The maximum Gasteiger partial charge on any atom is 0.0950 e. The summed E-state index contributed by atoms with van der Waals surface area (Å²) in [5.74, 6) is 0. The van der Waals surface area contributed by atoms with Crippen LogP contribution in [0.2, 0.25) is 0 Å². The Kier molecular flexibility index (Phi) is 3.83. The van der Waals surface area contributed by atoms with Gasteiger partial charge in [0.15, 0.2) is 0 Å². The molecule has 1 aromatic carbocycles. The van der Waals surface area contributed by atoms with Gasteiger partial charge < -0.3 is 5.32 Å². The average Bonchev–Trinajstić information content (AvgIpc) is 2.77. The molecule has 0 amide bonds. The number of likely N-dealkylation sites (N-methyl/N-ethyl adjacent to an activating group) is 1. The highest BCUT2D eigenvalue weighted by molar-refractivity contribution is 7.10. The number of thiazole rings is 1. The van der Waals surface area contributed by atoms with E-state index >= 15 is 0 Å². The second-order valence-corrected chi connectivity index (χ2v) is 6.19. The molecule has 2 aromatic rings. The van der Waals surface area contributed by atoms with Crippen LogP contribution in [0.5, 0.6) is 0 Å². The Morgan fingerprint density at radius 1 is 1.28 bits per heavy atom. The zero-order chi connectivity index (χ0) is 13.2. The van der Waals surface area contributed by atoms with Gasteiger partial charge >= 0.3 is 0 Å². The lowest BCUT2D eigenvalue weighted by Crippen LogP contribution is -2.38. The van der Waals surface area contributed by atoms with Crippen LogP contribution in [0.4, 0.5) is 0 Å². The molecule has 0 saturated carbocycles. The zero-order valence-electron chi connectivity index (χ0n) is 11.4. The van der Waals surface area contributed by atoms with Gasteiger partial charge in [-0.15, -0.1) is 11.3 Å². The molecule has 0 unspecified atom stereocenters. The van der Waals surface area contributed by atoms with Gasteiger partial charge in [-0.05, 0) is 33.4 Å². The molecule has 18 heavy (non-hydrogen) atoms. The summed E-state index contributed by atoms with van der Waals surface area (Å²) in [6, 6.07) is 8.40. The number of hydrogen-bond acceptors (Lipinski definition) is 3. The van der Waals surface area contributed by atoms with Crippen molar-refractivity contribution in [2.45, 2.75) is 32.7 Å². The number of rotatable bonds is 4. The molecule has 2 rings (SSSR count). The summed E-state index contributed by atoms with van der Waals surface area (Å²) in [4.78, 5) is 4.75. The normalized spacial score (nSPS) is 11.8. The van der Waals surface area contributed by atoms with Crippen LogP contribution < -0.4 is 5.32 Å². The molecular weight excluding hydrogens is 240 g/mol. The predicted molar refractivity (Wildman–Crippen MR) is 79.1 cm³/mol. The fraction of sp³-hybridized carbons (Fsp3) is 0.400. The van der Waals surface area contributed by atoms with E-state index in [0.717, 1.165) is 12.1 Å². The monoisotopic (exact) mass is 260 g/mol. The second kappa shape index (κ2) is 5.21. The lowest BCUT2D eigenvalue weighted by molar-refractivity contribution is 0.421. The Bertz CT molecular complexity index is 529. The van der Waals surface area contributed by atoms with E-state index in [9.17, 15) is 0 Å². The fourth-order valence-electron chi connectivity index (χ4n) is 1.84. The van der Waals surface area contributed by atoms with Crippen molar-refractivity contribution in [3.8, 4) is 11.3 Å². The van der Waals surface area contributed by atoms with Crippen molar-refractivity contribution < 1.29 is 0 Å². The molecule has 0 aliphatic heterocycles. The first-order chi connectivity index (χ1) is 8.52. The highest BCUT2D eigenvalue weighted by Crippen LogP contribution is 2.26. The Hall–Kier alpha value is -1.19. The molecule has 0 aliphatic carbocycles. The Morgan fingerprint density at radius 3 is 2.67 bits per heavy atom. The number of aryl methyl sites for hydroxylation is 1. The number of nitrogens with zero attached hydrogens (tertiary/aromatic N) is 1. The lowest BCUT2D eigenvalue weighted by atomic mass is 10.0. The summed E-state index contributed by atoms with van der Waals surface area (Å²) in [6.45, 7) is 6.52. The van der Waals surface area contributed by atoms with Crippen molar-refractivity contribution in [2.75, 3.05) is 7.05 Å². The Morgan fingerprint density at radius 2 is 2.00 bits per heavy atom. The summed E-state index contributed by atoms with van der Waals surface area (Å²) in [6.07, 6.45) is 0.958. The van der Waals surface area contributed by atoms with Crippen LogP contribution in [0, 0.1) is 6.92 Å². The van der Waals surface area contributed by atoms with Crippen LogP contribution in [0.25, 0.3) is 11.3 Å². The Labute approximate surface area is 113 Å². The van der Waals surface area contributed by atoms with Gasteiger partial charge in [-0.25, -0.2) is 4.98 Å². The lowest BCUT2D eigenvalue weighted by Gasteiger charge is -2.22. The predicted octanol–water partition coefficient (Wildman–Crippen LogP) is 3.66. The van der Waals surface area contributed by atoms with Crippen LogP contribution in [-0.2, 0) is 6.42 Å². The third-order valence-corrected chi connectivity index (χ3v) is 4.09. The molecule has 1 N–H and O–H groups in total. The molecule has 0 aliphatic rings. The van der Waals surface area contributed by atoms with E-state index in [-0.39, 0.29) is 5.54 Å². The molecule has 0 radical (unpaired) electrons. The van der Waals surface area contributed by atoms with Crippen molar-refractivity contribution >= 4 is 11.3 Å². The summed E-state index contributed by atoms with van der Waals surface area (Å²) in [5.41, 5.74) is 3.71. The first kappa shape index (κ1) is 13.2. The van der Waals surface area contributed by atoms with Crippen molar-refractivity contribution in [1.82, 2.24) is 10.3 Å². The molecule has 0 atom stereocenters. The van der Waals surface area contributed by atoms with Gasteiger partial charge in [0.05, 0.1) is 10.7 Å². The number of aromatic nitrogens is 1. The summed E-state index contributed by atoms with van der Waals surface area (Å²) < 4.78 is 0. The van der Waals surface area contributed by atoms with E-state index in [2.05, 4.69) is 55.7 Å². The van der Waals surface area contributed by atoms with Crippen LogP contribution in [0.1, 0.15) is 24.4 Å². The third-order valence-electron chi connectivity index (χ3n) is 3.24. The van der Waals surface area contributed by atoms with Gasteiger partial charge in [-0.2, -0.15) is 0 Å². The molecule has 0 spiro atoms. The van der Waals surface area contributed by atoms with Crippen LogP contribution >= 0.6 is 11.3 Å². The van der Waals surface area contributed by atoms with Gasteiger partial charge in [-0.1, -0.05) is 24.3 Å². The fourth-order valence-corrected chi connectivity index (χ4v) is 2.87. The highest BCUT2D eigenvalue weighted by atomic mass is 32.1. The largest absolute Gasteiger partial charge is 0.314 e. The number of nitrogens with one attached hydrogen (secondary N) is 1. The Balaban J connectivity index is 2.24. The molecular formula is C15H20N2S. The molecule has 0 fully saturated rings. The quantitative estimate of drug-likeness (QED) is 0.907. The standard InChI is InChI=1S/C15H20N2S/c1-11-7-5-6-8-12(11)13-10-18-14(17-13)9-15(2,3)16-4/h5-8,10,16H,9H2,1-4H3. The number of hydrogen-bond donors (Lipinski definition) is 1. The van der Waals surface area contributed by atoms with Crippen molar-refractivity contribution in [2.24, 2.45) is 0 Å². The van der Waals surface area contributed by atoms with E-state index in [1.54, 1.807) is 11.3 Å². The van der Waals surface area contributed by atoms with Gasteiger partial charge in [0.2, 0.25) is 0 Å². The topological polar surface area (TPSA) is 24.9 Å². The maximum atomic E-state index is 4.75. The van der Waals surface area contributed by atoms with Crippen molar-refractivity contribution in [3.63, 3.8) is 0 Å². The first-order valence-corrected chi connectivity index (χ1v) is 7.09. The van der Waals surface area contributed by atoms with Crippen LogP contribution in [0.3, 0.4) is 0 Å². The molecule has 0 bridgehead atoms. The summed E-state index contributed by atoms with van der Waals surface area (Å²) >= 11 is 1.74. The van der Waals surface area contributed by atoms with Gasteiger partial charge in [0, 0.05) is 22.9 Å². The minimum Gasteiger partial charge on any atom is -0.314 e. The van der Waals surface area contributed by atoms with E-state index in [1.165, 1.54) is 16.1 Å². The molecule has 1 heterocycles. The van der Waals surface area contributed by atoms with E-state index < -0.39 is 0 Å². The molecule has 2 nitrogen and oxygen atoms in total. The minimum absolute atomic E-state index is 0.0981. The SMILES string of the molecule is CNC(C)(C)Cc1nc(-c2ccccc2C)cs1. The number of benzene rings is 1. The average molecular weight is 260 g/mol. The highest BCUT2D eigenvalue weighted by Gasteiger charge is 2.18. The maximum absolute atomic E-state index is 4.75. The first-order valence-electron chi connectivity index (χ1n) is 6.21. The van der Waals surface area contributed by atoms with Crippen LogP contribution in [-0.4, -0.2) is 17.6 Å². The van der Waals surface area contributed by atoms with Gasteiger partial charge in [0.25, 0.3) is 0 Å². The molecule has 1 aromatic heterocycles. The van der Waals surface area contributed by atoms with E-state index in [4.69, 9.17) is 4.98 Å².